The van der Waals surface area contributed by atoms with Crippen molar-refractivity contribution < 1.29 is 4.79 Å². The molecule has 1 unspecified atom stereocenters. The van der Waals surface area contributed by atoms with E-state index in [2.05, 4.69) is 20.3 Å². The van der Waals surface area contributed by atoms with Crippen molar-refractivity contribution in [2.24, 2.45) is 0 Å². The van der Waals surface area contributed by atoms with Gasteiger partial charge in [-0.25, -0.2) is 9.97 Å². The Labute approximate surface area is 125 Å². The minimum absolute atomic E-state index is 0.125. The van der Waals surface area contributed by atoms with Gasteiger partial charge < -0.3 is 9.88 Å². The van der Waals surface area contributed by atoms with E-state index in [9.17, 15) is 4.79 Å². The molecule has 0 saturated heterocycles. The molecular formula is C14H13N5OS. The maximum Gasteiger partial charge on any atom is 0.248 e. The van der Waals surface area contributed by atoms with Gasteiger partial charge in [-0.2, -0.15) is 0 Å². The highest BCUT2D eigenvalue weighted by Crippen LogP contribution is 2.24. The number of carbonyl (C=O) groups excluding carboxylic acids is 1. The second kappa shape index (κ2) is 5.84. The summed E-state index contributed by atoms with van der Waals surface area (Å²) in [6.45, 7) is 1.81. The molecule has 0 aliphatic heterocycles. The van der Waals surface area contributed by atoms with Gasteiger partial charge in [0.2, 0.25) is 5.91 Å². The Hall–Kier alpha value is -2.54. The lowest BCUT2D eigenvalue weighted by molar-refractivity contribution is -0.118. The number of aromatic nitrogens is 4. The standard InChI is InChI=1S/C14H13N5OS/c1-10(19-6-5-16-9-19)13(20)18-14-17-12(8-21-14)11-3-2-4-15-7-11/h2-10H,1H3,(H,17,18,20). The molecule has 3 rings (SSSR count). The minimum Gasteiger partial charge on any atom is -0.325 e. The van der Waals surface area contributed by atoms with Crippen LogP contribution in [0.3, 0.4) is 0 Å². The molecule has 1 atom stereocenters. The van der Waals surface area contributed by atoms with Gasteiger partial charge in [0.15, 0.2) is 5.13 Å². The maximum atomic E-state index is 12.2. The van der Waals surface area contributed by atoms with Gasteiger partial charge in [0.1, 0.15) is 6.04 Å². The molecule has 3 aromatic rings. The van der Waals surface area contributed by atoms with E-state index in [4.69, 9.17) is 0 Å². The van der Waals surface area contributed by atoms with Crippen molar-refractivity contribution in [2.45, 2.75) is 13.0 Å². The summed E-state index contributed by atoms with van der Waals surface area (Å²) < 4.78 is 1.74. The van der Waals surface area contributed by atoms with Crippen molar-refractivity contribution in [1.29, 1.82) is 0 Å². The Morgan fingerprint density at radius 3 is 3.00 bits per heavy atom. The van der Waals surface area contributed by atoms with E-state index in [1.807, 2.05) is 24.4 Å². The molecule has 7 heteroatoms. The third kappa shape index (κ3) is 2.97. The Bertz CT molecular complexity index is 723. The third-order valence-corrected chi connectivity index (χ3v) is 3.80. The number of carbonyl (C=O) groups is 1. The first-order valence-electron chi connectivity index (χ1n) is 6.38. The largest absolute Gasteiger partial charge is 0.325 e. The van der Waals surface area contributed by atoms with E-state index in [1.165, 1.54) is 11.3 Å². The van der Waals surface area contributed by atoms with Crippen LogP contribution in [-0.2, 0) is 4.79 Å². The highest BCUT2D eigenvalue weighted by atomic mass is 32.1. The zero-order chi connectivity index (χ0) is 14.7. The SMILES string of the molecule is CC(C(=O)Nc1nc(-c2cccnc2)cs1)n1ccnc1. The third-order valence-electron chi connectivity index (χ3n) is 3.04. The summed E-state index contributed by atoms with van der Waals surface area (Å²) in [6, 6.07) is 3.45. The Morgan fingerprint density at radius 2 is 2.29 bits per heavy atom. The molecule has 0 spiro atoms. The summed E-state index contributed by atoms with van der Waals surface area (Å²) in [7, 11) is 0. The van der Waals surface area contributed by atoms with Gasteiger partial charge in [0.25, 0.3) is 0 Å². The molecule has 0 aromatic carbocycles. The first-order chi connectivity index (χ1) is 10.2. The van der Waals surface area contributed by atoms with Crippen LogP contribution >= 0.6 is 11.3 Å². The first kappa shape index (κ1) is 13.4. The number of nitrogens with zero attached hydrogens (tertiary/aromatic N) is 4. The predicted molar refractivity (Wildman–Crippen MR) is 80.9 cm³/mol. The topological polar surface area (TPSA) is 72.7 Å². The van der Waals surface area contributed by atoms with Crippen LogP contribution in [-0.4, -0.2) is 25.4 Å². The van der Waals surface area contributed by atoms with Crippen LogP contribution < -0.4 is 5.32 Å². The van der Waals surface area contributed by atoms with E-state index >= 15 is 0 Å². The van der Waals surface area contributed by atoms with Gasteiger partial charge in [-0.15, -0.1) is 11.3 Å². The van der Waals surface area contributed by atoms with E-state index in [1.54, 1.807) is 35.7 Å². The van der Waals surface area contributed by atoms with E-state index in [0.717, 1.165) is 11.3 Å². The quantitative estimate of drug-likeness (QED) is 0.803. The molecule has 0 fully saturated rings. The van der Waals surface area contributed by atoms with Crippen LogP contribution in [0.5, 0.6) is 0 Å². The summed E-state index contributed by atoms with van der Waals surface area (Å²) >= 11 is 1.39. The average Bonchev–Trinajstić information content (AvgIpc) is 3.19. The highest BCUT2D eigenvalue weighted by molar-refractivity contribution is 7.14. The van der Waals surface area contributed by atoms with Gasteiger partial charge in [-0.1, -0.05) is 0 Å². The van der Waals surface area contributed by atoms with Crippen LogP contribution in [0.15, 0.2) is 48.6 Å². The summed E-state index contributed by atoms with van der Waals surface area (Å²) in [5.41, 5.74) is 1.73. The van der Waals surface area contributed by atoms with Gasteiger partial charge in [0, 0.05) is 35.7 Å². The average molecular weight is 299 g/mol. The lowest BCUT2D eigenvalue weighted by Crippen LogP contribution is -2.22. The second-order valence-electron chi connectivity index (χ2n) is 4.45. The number of amides is 1. The monoisotopic (exact) mass is 299 g/mol. The predicted octanol–water partition coefficient (Wildman–Crippen LogP) is 2.60. The number of nitrogens with one attached hydrogen (secondary N) is 1. The smallest absolute Gasteiger partial charge is 0.248 e. The molecule has 21 heavy (non-hydrogen) atoms. The van der Waals surface area contributed by atoms with Crippen molar-refractivity contribution in [3.63, 3.8) is 0 Å². The second-order valence-corrected chi connectivity index (χ2v) is 5.31. The van der Waals surface area contributed by atoms with Gasteiger partial charge in [-0.3, -0.25) is 9.78 Å². The van der Waals surface area contributed by atoms with Crippen molar-refractivity contribution in [2.75, 3.05) is 5.32 Å². The summed E-state index contributed by atoms with van der Waals surface area (Å²) in [5.74, 6) is -0.125. The number of hydrogen-bond acceptors (Lipinski definition) is 5. The number of pyridine rings is 1. The molecule has 1 N–H and O–H groups in total. The Balaban J connectivity index is 1.71. The molecule has 3 heterocycles. The normalized spacial score (nSPS) is 12.0. The molecule has 0 aliphatic rings. The van der Waals surface area contributed by atoms with Gasteiger partial charge >= 0.3 is 0 Å². The summed E-state index contributed by atoms with van der Waals surface area (Å²) in [6.07, 6.45) is 8.48. The van der Waals surface area contributed by atoms with Gasteiger partial charge in [-0.05, 0) is 19.1 Å². The van der Waals surface area contributed by atoms with Crippen molar-refractivity contribution in [3.05, 3.63) is 48.6 Å². The number of thiazole rings is 1. The van der Waals surface area contributed by atoms with E-state index < -0.39 is 0 Å². The van der Waals surface area contributed by atoms with E-state index in [0.29, 0.717) is 5.13 Å². The lowest BCUT2D eigenvalue weighted by atomic mass is 10.2. The maximum absolute atomic E-state index is 12.2. The number of anilines is 1. The fourth-order valence-corrected chi connectivity index (χ4v) is 2.54. The lowest BCUT2D eigenvalue weighted by Gasteiger charge is -2.11. The van der Waals surface area contributed by atoms with Crippen LogP contribution in [0.25, 0.3) is 11.3 Å². The van der Waals surface area contributed by atoms with Crippen LogP contribution in [0.2, 0.25) is 0 Å². The molecule has 6 nitrogen and oxygen atoms in total. The van der Waals surface area contributed by atoms with Crippen molar-refractivity contribution in [1.82, 2.24) is 19.5 Å². The molecule has 0 bridgehead atoms. The number of imidazole rings is 1. The fraction of sp³-hybridized carbons (Fsp3) is 0.143. The highest BCUT2D eigenvalue weighted by Gasteiger charge is 2.16. The molecule has 0 aliphatic carbocycles. The first-order valence-corrected chi connectivity index (χ1v) is 7.26. The summed E-state index contributed by atoms with van der Waals surface area (Å²) in [4.78, 5) is 24.6. The van der Waals surface area contributed by atoms with E-state index in [-0.39, 0.29) is 11.9 Å². The zero-order valence-electron chi connectivity index (χ0n) is 11.3. The number of hydrogen-bond donors (Lipinski definition) is 1. The molecule has 0 saturated carbocycles. The van der Waals surface area contributed by atoms with Crippen LogP contribution in [0.1, 0.15) is 13.0 Å². The zero-order valence-corrected chi connectivity index (χ0v) is 12.1. The molecular weight excluding hydrogens is 286 g/mol. The van der Waals surface area contributed by atoms with Gasteiger partial charge in [0.05, 0.1) is 12.0 Å². The van der Waals surface area contributed by atoms with Crippen molar-refractivity contribution >= 4 is 22.4 Å². The van der Waals surface area contributed by atoms with Crippen LogP contribution in [0.4, 0.5) is 5.13 Å². The Kier molecular flexibility index (Phi) is 3.74. The number of rotatable bonds is 4. The molecule has 106 valence electrons. The summed E-state index contributed by atoms with van der Waals surface area (Å²) in [5, 5.41) is 5.29. The van der Waals surface area contributed by atoms with Crippen molar-refractivity contribution in [3.8, 4) is 11.3 Å². The molecule has 1 amide bonds. The fourth-order valence-electron chi connectivity index (χ4n) is 1.82. The Morgan fingerprint density at radius 1 is 1.38 bits per heavy atom. The molecule has 0 radical (unpaired) electrons. The minimum atomic E-state index is -0.335. The molecule has 3 aromatic heterocycles. The van der Waals surface area contributed by atoms with Crippen LogP contribution in [0, 0.1) is 0 Å².